The fourth-order valence-electron chi connectivity index (χ4n) is 3.26. The van der Waals surface area contributed by atoms with Gasteiger partial charge in [-0.3, -0.25) is 4.79 Å². The number of anilines is 1. The zero-order chi connectivity index (χ0) is 22.0. The molecule has 1 aromatic heterocycles. The summed E-state index contributed by atoms with van der Waals surface area (Å²) in [6.07, 6.45) is 2.80. The van der Waals surface area contributed by atoms with E-state index in [2.05, 4.69) is 15.5 Å². The molecule has 162 valence electrons. The van der Waals surface area contributed by atoms with E-state index in [0.717, 1.165) is 29.8 Å². The molecular weight excluding hydrogens is 414 g/mol. The number of para-hydroxylation sites is 1. The number of carbonyl (C=O) groups excluding carboxylic acids is 1. The van der Waals surface area contributed by atoms with Crippen LogP contribution in [0.3, 0.4) is 0 Å². The van der Waals surface area contributed by atoms with E-state index < -0.39 is 15.1 Å². The lowest BCUT2D eigenvalue weighted by Gasteiger charge is -2.11. The number of amides is 1. The topological polar surface area (TPSA) is 102 Å². The summed E-state index contributed by atoms with van der Waals surface area (Å²) in [7, 11) is -3.33. The molecule has 1 aliphatic carbocycles. The second kappa shape index (κ2) is 8.63. The maximum atomic E-state index is 12.6. The molecule has 0 atom stereocenters. The molecule has 0 saturated heterocycles. The number of nitrogens with one attached hydrogen (secondary N) is 1. The molecule has 3 aromatic rings. The first-order valence-electron chi connectivity index (χ1n) is 10.4. The van der Waals surface area contributed by atoms with Gasteiger partial charge in [0, 0.05) is 11.6 Å². The van der Waals surface area contributed by atoms with Crippen LogP contribution in [0.1, 0.15) is 55.4 Å². The van der Waals surface area contributed by atoms with Gasteiger partial charge in [-0.1, -0.05) is 35.5 Å². The van der Waals surface area contributed by atoms with Gasteiger partial charge in [-0.15, -0.1) is 0 Å². The molecular formula is C23H25N3O4S. The van der Waals surface area contributed by atoms with E-state index in [0.29, 0.717) is 23.9 Å². The fourth-order valence-corrected chi connectivity index (χ4v) is 4.32. The van der Waals surface area contributed by atoms with Crippen molar-refractivity contribution in [2.45, 2.75) is 55.6 Å². The Morgan fingerprint density at radius 1 is 1.13 bits per heavy atom. The van der Waals surface area contributed by atoms with Crippen molar-refractivity contribution in [3.05, 3.63) is 71.4 Å². The van der Waals surface area contributed by atoms with Crippen molar-refractivity contribution in [1.82, 2.24) is 10.1 Å². The van der Waals surface area contributed by atoms with Crippen LogP contribution in [0.5, 0.6) is 0 Å². The Morgan fingerprint density at radius 2 is 1.84 bits per heavy atom. The van der Waals surface area contributed by atoms with Crippen LogP contribution >= 0.6 is 0 Å². The highest BCUT2D eigenvalue weighted by molar-refractivity contribution is 7.92. The van der Waals surface area contributed by atoms with E-state index >= 15 is 0 Å². The minimum atomic E-state index is -3.33. The Hall–Kier alpha value is -3.00. The third-order valence-corrected chi connectivity index (χ3v) is 7.47. The number of benzene rings is 2. The average molecular weight is 440 g/mol. The molecule has 1 amide bonds. The van der Waals surface area contributed by atoms with Gasteiger partial charge >= 0.3 is 0 Å². The Kier molecular flexibility index (Phi) is 5.91. The SMILES string of the molecule is CC(C)S(=O)(=O)c1ccc(CC(=O)Nc2ccccc2Cc2nc(C3CC3)no2)cc1. The minimum absolute atomic E-state index is 0.142. The maximum Gasteiger partial charge on any atom is 0.231 e. The van der Waals surface area contributed by atoms with Crippen LogP contribution < -0.4 is 5.32 Å². The quantitative estimate of drug-likeness (QED) is 0.571. The second-order valence-corrected chi connectivity index (χ2v) is 10.6. The van der Waals surface area contributed by atoms with Crippen LogP contribution in [-0.2, 0) is 27.5 Å². The van der Waals surface area contributed by atoms with Gasteiger partial charge in [-0.2, -0.15) is 4.98 Å². The number of aromatic nitrogens is 2. The van der Waals surface area contributed by atoms with Crippen molar-refractivity contribution < 1.29 is 17.7 Å². The van der Waals surface area contributed by atoms with E-state index in [9.17, 15) is 13.2 Å². The first-order chi connectivity index (χ1) is 14.8. The van der Waals surface area contributed by atoms with Crippen LogP contribution in [0.15, 0.2) is 57.9 Å². The predicted molar refractivity (Wildman–Crippen MR) is 117 cm³/mol. The molecule has 31 heavy (non-hydrogen) atoms. The molecule has 1 aliphatic rings. The van der Waals surface area contributed by atoms with Gasteiger partial charge in [0.05, 0.1) is 23.0 Å². The molecule has 1 N–H and O–H groups in total. The summed E-state index contributed by atoms with van der Waals surface area (Å²) in [5, 5.41) is 6.49. The number of hydrogen-bond donors (Lipinski definition) is 1. The van der Waals surface area contributed by atoms with Gasteiger partial charge in [0.15, 0.2) is 15.7 Å². The van der Waals surface area contributed by atoms with Crippen LogP contribution in [0.2, 0.25) is 0 Å². The van der Waals surface area contributed by atoms with E-state index in [4.69, 9.17) is 4.52 Å². The van der Waals surface area contributed by atoms with Gasteiger partial charge in [0.2, 0.25) is 11.8 Å². The summed E-state index contributed by atoms with van der Waals surface area (Å²) in [4.78, 5) is 17.3. The van der Waals surface area contributed by atoms with Crippen molar-refractivity contribution in [2.75, 3.05) is 5.32 Å². The Bertz CT molecular complexity index is 1180. The molecule has 0 spiro atoms. The molecule has 1 fully saturated rings. The van der Waals surface area contributed by atoms with E-state index in [1.165, 1.54) is 0 Å². The molecule has 0 radical (unpaired) electrons. The summed E-state index contributed by atoms with van der Waals surface area (Å²) in [6.45, 7) is 3.30. The number of nitrogens with zero attached hydrogens (tertiary/aromatic N) is 2. The molecule has 7 nitrogen and oxygen atoms in total. The van der Waals surface area contributed by atoms with Gasteiger partial charge in [0.1, 0.15) is 0 Å². The van der Waals surface area contributed by atoms with E-state index in [1.807, 2.05) is 24.3 Å². The normalized spacial score (nSPS) is 14.0. The summed E-state index contributed by atoms with van der Waals surface area (Å²) in [5.41, 5.74) is 2.32. The maximum absolute atomic E-state index is 12.6. The lowest BCUT2D eigenvalue weighted by molar-refractivity contribution is -0.115. The standard InChI is InChI=1S/C23H25N3O4S/c1-15(2)31(28,29)19-11-7-16(8-12-19)13-21(27)24-20-6-4-3-5-18(20)14-22-25-23(26-30-22)17-9-10-17/h3-8,11-12,15,17H,9-10,13-14H2,1-2H3,(H,24,27). The average Bonchev–Trinajstić information content (AvgIpc) is 3.49. The lowest BCUT2D eigenvalue weighted by atomic mass is 10.1. The molecule has 4 rings (SSSR count). The lowest BCUT2D eigenvalue weighted by Crippen LogP contribution is -2.16. The molecule has 2 aromatic carbocycles. The monoisotopic (exact) mass is 439 g/mol. The first kappa shape index (κ1) is 21.2. The summed E-state index contributed by atoms with van der Waals surface area (Å²) >= 11 is 0. The number of carbonyl (C=O) groups is 1. The third-order valence-electron chi connectivity index (χ3n) is 5.30. The van der Waals surface area contributed by atoms with Crippen molar-refractivity contribution in [2.24, 2.45) is 0 Å². The first-order valence-corrected chi connectivity index (χ1v) is 11.9. The molecule has 0 aliphatic heterocycles. The Morgan fingerprint density at radius 3 is 2.52 bits per heavy atom. The summed E-state index contributed by atoms with van der Waals surface area (Å²) in [5.74, 6) is 1.54. The van der Waals surface area contributed by atoms with Crippen molar-refractivity contribution in [3.8, 4) is 0 Å². The number of sulfone groups is 1. The molecule has 1 heterocycles. The highest BCUT2D eigenvalue weighted by atomic mass is 32.2. The minimum Gasteiger partial charge on any atom is -0.339 e. The van der Waals surface area contributed by atoms with Crippen molar-refractivity contribution in [3.63, 3.8) is 0 Å². The van der Waals surface area contributed by atoms with Crippen molar-refractivity contribution >= 4 is 21.4 Å². The highest BCUT2D eigenvalue weighted by Gasteiger charge is 2.28. The van der Waals surface area contributed by atoms with Gasteiger partial charge in [0.25, 0.3) is 0 Å². The Balaban J connectivity index is 1.41. The van der Waals surface area contributed by atoms with Crippen LogP contribution in [0.4, 0.5) is 5.69 Å². The summed E-state index contributed by atoms with van der Waals surface area (Å²) < 4.78 is 29.8. The van der Waals surface area contributed by atoms with E-state index in [1.54, 1.807) is 38.1 Å². The smallest absolute Gasteiger partial charge is 0.231 e. The Labute approximate surface area is 181 Å². The van der Waals surface area contributed by atoms with Crippen LogP contribution in [0.25, 0.3) is 0 Å². The van der Waals surface area contributed by atoms with E-state index in [-0.39, 0.29) is 17.2 Å². The highest BCUT2D eigenvalue weighted by Crippen LogP contribution is 2.38. The summed E-state index contributed by atoms with van der Waals surface area (Å²) in [6, 6.07) is 14.0. The van der Waals surface area contributed by atoms with Crippen LogP contribution in [0, 0.1) is 0 Å². The van der Waals surface area contributed by atoms with Crippen molar-refractivity contribution in [1.29, 1.82) is 0 Å². The number of rotatable bonds is 8. The van der Waals surface area contributed by atoms with Gasteiger partial charge in [-0.05, 0) is 56.0 Å². The second-order valence-electron chi connectivity index (χ2n) is 8.12. The van der Waals surface area contributed by atoms with Crippen LogP contribution in [-0.4, -0.2) is 29.7 Å². The largest absolute Gasteiger partial charge is 0.339 e. The molecule has 0 unspecified atom stereocenters. The molecule has 1 saturated carbocycles. The zero-order valence-corrected chi connectivity index (χ0v) is 18.4. The molecule has 0 bridgehead atoms. The number of hydrogen-bond acceptors (Lipinski definition) is 6. The fraction of sp³-hybridized carbons (Fsp3) is 0.348. The van der Waals surface area contributed by atoms with Gasteiger partial charge in [-0.25, -0.2) is 8.42 Å². The molecule has 8 heteroatoms. The third kappa shape index (κ3) is 5.02. The van der Waals surface area contributed by atoms with Gasteiger partial charge < -0.3 is 9.84 Å². The zero-order valence-electron chi connectivity index (χ0n) is 17.5. The predicted octanol–water partition coefficient (Wildman–Crippen LogP) is 3.90.